The van der Waals surface area contributed by atoms with E-state index in [0.29, 0.717) is 31.6 Å². The molecule has 3 aromatic rings. The summed E-state index contributed by atoms with van der Waals surface area (Å²) in [5.74, 6) is -0.899. The predicted molar refractivity (Wildman–Crippen MR) is 136 cm³/mol. The van der Waals surface area contributed by atoms with Gasteiger partial charge in [-0.25, -0.2) is 4.98 Å². The highest BCUT2D eigenvalue weighted by molar-refractivity contribution is 7.11. The third-order valence-corrected chi connectivity index (χ3v) is 8.28. The van der Waals surface area contributed by atoms with Gasteiger partial charge in [0.15, 0.2) is 0 Å². The lowest BCUT2D eigenvalue weighted by atomic mass is 9.96. The molecule has 0 radical (unpaired) electrons. The monoisotopic (exact) mass is 546 g/mol. The molecule has 1 atom stereocenters. The summed E-state index contributed by atoms with van der Waals surface area (Å²) in [6, 6.07) is 8.78. The molecule has 1 fully saturated rings. The SMILES string of the molecule is CN1[N-]C(c2cccs2)=CC1NC(=O)c1csc(C2CCN(C(=O)c3ccccc3C(F)(F)F)CC2)n1. The third kappa shape index (κ3) is 5.41. The van der Waals surface area contributed by atoms with E-state index in [2.05, 4.69) is 15.7 Å². The molecule has 1 aromatic carbocycles. The largest absolute Gasteiger partial charge is 0.617 e. The summed E-state index contributed by atoms with van der Waals surface area (Å²) in [5, 5.41) is 9.08. The number of aromatic nitrogens is 1. The lowest BCUT2D eigenvalue weighted by Gasteiger charge is -2.33. The number of piperidine rings is 1. The second-order valence-electron chi connectivity index (χ2n) is 8.80. The van der Waals surface area contributed by atoms with Crippen LogP contribution in [0.25, 0.3) is 11.1 Å². The van der Waals surface area contributed by atoms with Crippen LogP contribution in [0.2, 0.25) is 0 Å². The first-order chi connectivity index (χ1) is 17.7. The van der Waals surface area contributed by atoms with Crippen molar-refractivity contribution in [2.75, 3.05) is 20.1 Å². The van der Waals surface area contributed by atoms with Gasteiger partial charge in [-0.1, -0.05) is 24.3 Å². The molecule has 12 heteroatoms. The number of likely N-dealkylation sites (tertiary alicyclic amines) is 1. The Balaban J connectivity index is 1.19. The van der Waals surface area contributed by atoms with Crippen molar-refractivity contribution in [3.8, 4) is 0 Å². The molecule has 194 valence electrons. The van der Waals surface area contributed by atoms with E-state index < -0.39 is 17.6 Å². The van der Waals surface area contributed by atoms with Crippen LogP contribution in [-0.4, -0.2) is 53.0 Å². The molecule has 0 bridgehead atoms. The molecule has 5 rings (SSSR count). The zero-order valence-corrected chi connectivity index (χ0v) is 21.4. The number of likely N-dealkylation sites (N-methyl/N-ethyl adjacent to an activating group) is 1. The van der Waals surface area contributed by atoms with Gasteiger partial charge in [0.05, 0.1) is 22.3 Å². The summed E-state index contributed by atoms with van der Waals surface area (Å²) < 4.78 is 40.0. The molecule has 37 heavy (non-hydrogen) atoms. The Morgan fingerprint density at radius 1 is 1.11 bits per heavy atom. The van der Waals surface area contributed by atoms with Crippen molar-refractivity contribution in [1.82, 2.24) is 20.2 Å². The summed E-state index contributed by atoms with van der Waals surface area (Å²) in [6.07, 6.45) is -1.97. The molecule has 1 unspecified atom stereocenters. The van der Waals surface area contributed by atoms with Gasteiger partial charge in [-0.05, 0) is 43.5 Å². The lowest BCUT2D eigenvalue weighted by molar-refractivity contribution is -0.138. The number of alkyl halides is 3. The highest BCUT2D eigenvalue weighted by atomic mass is 32.1. The molecular weight excluding hydrogens is 523 g/mol. The highest BCUT2D eigenvalue weighted by Crippen LogP contribution is 2.35. The van der Waals surface area contributed by atoms with Crippen LogP contribution in [0.5, 0.6) is 0 Å². The standard InChI is InChI=1S/C25H23F3N5O2S2/c1-32-21(13-18(31-32)20-7-4-12-36-20)30-22(34)19-14-37-23(29-19)15-8-10-33(11-9-15)24(35)16-5-2-3-6-17(16)25(26,27)28/h2-7,12-15,21H,8-11H2,1H3,(H,30,34)/q-1. The maximum absolute atomic E-state index is 13.3. The average Bonchev–Trinajstić information content (AvgIpc) is 3.65. The Labute approximate surface area is 219 Å². The molecule has 2 amide bonds. The van der Waals surface area contributed by atoms with Gasteiger partial charge in [0, 0.05) is 29.3 Å². The molecule has 0 aliphatic carbocycles. The van der Waals surface area contributed by atoms with E-state index in [-0.39, 0.29) is 23.6 Å². The summed E-state index contributed by atoms with van der Waals surface area (Å²) in [4.78, 5) is 32.7. The van der Waals surface area contributed by atoms with E-state index in [9.17, 15) is 22.8 Å². The van der Waals surface area contributed by atoms with Crippen LogP contribution in [-0.2, 0) is 6.18 Å². The Morgan fingerprint density at radius 3 is 2.57 bits per heavy atom. The van der Waals surface area contributed by atoms with Crippen LogP contribution < -0.4 is 5.32 Å². The minimum absolute atomic E-state index is 0.0305. The van der Waals surface area contributed by atoms with Crippen LogP contribution in [0.1, 0.15) is 55.1 Å². The molecule has 0 saturated carbocycles. The number of nitrogens with one attached hydrogen (secondary N) is 1. The number of hydrogen-bond acceptors (Lipinski definition) is 6. The molecule has 2 aliphatic heterocycles. The quantitative estimate of drug-likeness (QED) is 0.454. The number of carbonyl (C=O) groups excluding carboxylic acids is 2. The first kappa shape index (κ1) is 25.4. The molecule has 1 N–H and O–H groups in total. The van der Waals surface area contributed by atoms with Crippen LogP contribution in [0.3, 0.4) is 0 Å². The fraction of sp³-hybridized carbons (Fsp3) is 0.320. The van der Waals surface area contributed by atoms with E-state index in [4.69, 9.17) is 0 Å². The molecule has 4 heterocycles. The summed E-state index contributed by atoms with van der Waals surface area (Å²) in [6.45, 7) is 0.642. The lowest BCUT2D eigenvalue weighted by Crippen LogP contribution is -2.41. The Bertz CT molecular complexity index is 1310. The van der Waals surface area contributed by atoms with Gasteiger partial charge in [-0.15, -0.1) is 28.4 Å². The van der Waals surface area contributed by atoms with Crippen LogP contribution in [0, 0.1) is 0 Å². The molecule has 1 saturated heterocycles. The van der Waals surface area contributed by atoms with E-state index in [1.165, 1.54) is 34.4 Å². The maximum atomic E-state index is 13.3. The number of rotatable bonds is 5. The fourth-order valence-electron chi connectivity index (χ4n) is 4.42. The van der Waals surface area contributed by atoms with Gasteiger partial charge in [-0.2, -0.15) is 13.2 Å². The van der Waals surface area contributed by atoms with Crippen molar-refractivity contribution in [2.45, 2.75) is 31.1 Å². The molecular formula is C25H23F3N5O2S2-. The van der Waals surface area contributed by atoms with E-state index in [0.717, 1.165) is 21.6 Å². The van der Waals surface area contributed by atoms with E-state index in [1.54, 1.807) is 28.8 Å². The van der Waals surface area contributed by atoms with E-state index in [1.807, 2.05) is 23.6 Å². The number of halogens is 3. The number of amides is 2. The van der Waals surface area contributed by atoms with Crippen molar-refractivity contribution in [1.29, 1.82) is 0 Å². The zero-order valence-electron chi connectivity index (χ0n) is 19.7. The summed E-state index contributed by atoms with van der Waals surface area (Å²) >= 11 is 2.95. The van der Waals surface area contributed by atoms with E-state index >= 15 is 0 Å². The van der Waals surface area contributed by atoms with Crippen molar-refractivity contribution in [3.63, 3.8) is 0 Å². The molecule has 7 nitrogen and oxygen atoms in total. The van der Waals surface area contributed by atoms with Gasteiger partial charge in [-0.3, -0.25) is 9.59 Å². The highest BCUT2D eigenvalue weighted by Gasteiger charge is 2.36. The first-order valence-corrected chi connectivity index (χ1v) is 13.4. The minimum atomic E-state index is -4.59. The Morgan fingerprint density at radius 2 is 1.86 bits per heavy atom. The first-order valence-electron chi connectivity index (χ1n) is 11.6. The number of thiazole rings is 1. The zero-order chi connectivity index (χ0) is 26.2. The van der Waals surface area contributed by atoms with Gasteiger partial charge in [0.1, 0.15) is 5.69 Å². The Hall–Kier alpha value is -3.22. The molecule has 2 aliphatic rings. The number of nitrogens with zero attached hydrogens (tertiary/aromatic N) is 4. The second-order valence-corrected chi connectivity index (χ2v) is 10.6. The smallest absolute Gasteiger partial charge is 0.417 e. The van der Waals surface area contributed by atoms with Gasteiger partial charge in [0.25, 0.3) is 11.8 Å². The number of hydrogen-bond donors (Lipinski definition) is 1. The van der Waals surface area contributed by atoms with Gasteiger partial charge < -0.3 is 20.7 Å². The number of benzene rings is 1. The van der Waals surface area contributed by atoms with Crippen molar-refractivity contribution in [3.05, 3.63) is 85.4 Å². The second kappa shape index (κ2) is 10.3. The minimum Gasteiger partial charge on any atom is -0.617 e. The van der Waals surface area contributed by atoms with Crippen molar-refractivity contribution >= 4 is 40.2 Å². The van der Waals surface area contributed by atoms with Crippen molar-refractivity contribution in [2.24, 2.45) is 0 Å². The summed E-state index contributed by atoms with van der Waals surface area (Å²) in [5.41, 5.74) is 4.34. The third-order valence-electron chi connectivity index (χ3n) is 6.39. The predicted octanol–water partition coefficient (Wildman–Crippen LogP) is 5.57. The maximum Gasteiger partial charge on any atom is 0.417 e. The topological polar surface area (TPSA) is 79.6 Å². The normalized spacial score (nSPS) is 19.0. The molecule has 0 spiro atoms. The van der Waals surface area contributed by atoms with Gasteiger partial charge in [0.2, 0.25) is 0 Å². The number of carbonyl (C=O) groups is 2. The van der Waals surface area contributed by atoms with Crippen LogP contribution in [0.15, 0.2) is 53.2 Å². The van der Waals surface area contributed by atoms with Crippen LogP contribution in [0.4, 0.5) is 13.2 Å². The molecule has 2 aromatic heterocycles. The van der Waals surface area contributed by atoms with Gasteiger partial charge >= 0.3 is 6.18 Å². The fourth-order valence-corrected chi connectivity index (χ4v) is 6.08. The average molecular weight is 547 g/mol. The Kier molecular flexibility index (Phi) is 7.06. The number of thiophene rings is 1. The summed E-state index contributed by atoms with van der Waals surface area (Å²) in [7, 11) is 1.79. The van der Waals surface area contributed by atoms with Crippen molar-refractivity contribution < 1.29 is 22.8 Å². The van der Waals surface area contributed by atoms with Crippen LogP contribution >= 0.6 is 22.7 Å².